The molecule has 0 unspecified atom stereocenters. The molecule has 6 aliphatic rings. The van der Waals surface area contributed by atoms with Gasteiger partial charge in [0.05, 0.1) is 22.0 Å². The van der Waals surface area contributed by atoms with Gasteiger partial charge >= 0.3 is 22.0 Å². The molecule has 0 spiro atoms. The summed E-state index contributed by atoms with van der Waals surface area (Å²) in [6.07, 6.45) is 28.4. The number of non-ortho nitro benzene ring substituents is 1. The highest BCUT2D eigenvalue weighted by Gasteiger charge is 2.49. The van der Waals surface area contributed by atoms with E-state index in [1.54, 1.807) is 84.9 Å². The van der Waals surface area contributed by atoms with E-state index in [-0.39, 0.29) is 43.9 Å². The van der Waals surface area contributed by atoms with Crippen LogP contribution in [0.1, 0.15) is 292 Å². The number of aryl methyl sites for hydroxylation is 12. The van der Waals surface area contributed by atoms with E-state index in [0.717, 1.165) is 148 Å². The maximum Gasteiger partial charge on any atom is 0.544 e. The van der Waals surface area contributed by atoms with Gasteiger partial charge in [0.15, 0.2) is 0 Å². The molecule has 672 valence electrons. The van der Waals surface area contributed by atoms with Crippen LogP contribution in [-0.2, 0) is 108 Å². The van der Waals surface area contributed by atoms with E-state index in [1.807, 2.05) is 75.4 Å². The second-order valence-electron chi connectivity index (χ2n) is 36.0. The fourth-order valence-corrected chi connectivity index (χ4v) is 16.6. The molecule has 0 saturated carbocycles. The van der Waals surface area contributed by atoms with Crippen molar-refractivity contribution in [1.82, 2.24) is 0 Å². The lowest BCUT2D eigenvalue weighted by Crippen LogP contribution is -2.37. The zero-order valence-electron chi connectivity index (χ0n) is 73.4. The number of phenolic OH excluding ortho intramolecular Hbond substituents is 1. The Bertz CT molecular complexity index is 5200. The second-order valence-corrected chi connectivity index (χ2v) is 37.8. The Kier molecular flexibility index (Phi) is 36.0. The fraction of sp³-hybridized carbons (Fsp3) is 0.436. The lowest BCUT2D eigenvalue weighted by molar-refractivity contribution is -0.384. The zero-order valence-corrected chi connectivity index (χ0v) is 75.0. The van der Waals surface area contributed by atoms with Gasteiger partial charge in [-0.1, -0.05) is 174 Å². The van der Waals surface area contributed by atoms with Gasteiger partial charge in [0.25, 0.3) is 22.7 Å². The predicted octanol–water partition coefficient (Wildman–Crippen LogP) is 26.5. The Balaban J connectivity index is 0.000000169. The van der Waals surface area contributed by atoms with Crippen molar-refractivity contribution >= 4 is 61.5 Å². The lowest BCUT2D eigenvalue weighted by atomic mass is 9.86. The number of alkyl halides is 6. The molecular formula is C101H121ClF6N4O12S. The number of halogens is 7. The van der Waals surface area contributed by atoms with Crippen LogP contribution in [0.5, 0.6) is 11.5 Å². The summed E-state index contributed by atoms with van der Waals surface area (Å²) in [7, 11) is -5.59. The topological polar surface area (TPSA) is 226 Å². The van der Waals surface area contributed by atoms with Gasteiger partial charge in [-0.2, -0.15) is 36.6 Å². The van der Waals surface area contributed by atoms with Gasteiger partial charge in [-0.05, 0) is 362 Å². The molecule has 0 heterocycles. The number of rotatable bonds is 10. The molecule has 4 N–H and O–H groups in total. The Morgan fingerprint density at radius 1 is 0.400 bits per heavy atom. The largest absolute Gasteiger partial charge is 0.544 e. The molecular weight excluding hydrogens is 1640 g/mol. The number of aromatic hydroxyl groups is 1. The van der Waals surface area contributed by atoms with Crippen molar-refractivity contribution in [3.8, 4) is 11.5 Å². The van der Waals surface area contributed by atoms with Crippen molar-refractivity contribution in [3.63, 3.8) is 0 Å². The van der Waals surface area contributed by atoms with Gasteiger partial charge in [0, 0.05) is 28.8 Å². The molecule has 9 aromatic rings. The van der Waals surface area contributed by atoms with E-state index in [9.17, 15) is 69.6 Å². The van der Waals surface area contributed by atoms with Crippen LogP contribution in [-0.4, -0.2) is 57.8 Å². The molecule has 0 saturated heterocycles. The minimum absolute atomic E-state index is 0.0392. The number of hydrogen-bond donors (Lipinski definition) is 4. The van der Waals surface area contributed by atoms with Crippen molar-refractivity contribution in [2.45, 2.75) is 283 Å². The highest BCUT2D eigenvalue weighted by atomic mass is 35.5. The Morgan fingerprint density at radius 2 is 0.720 bits per heavy atom. The van der Waals surface area contributed by atoms with Gasteiger partial charge < -0.3 is 9.29 Å². The number of nitro benzene ring substituents is 1. The van der Waals surface area contributed by atoms with Crippen LogP contribution < -0.4 is 19.8 Å². The maximum atomic E-state index is 13.1. The Morgan fingerprint density at radius 3 is 1.10 bits per heavy atom. The minimum atomic E-state index is -5.59. The van der Waals surface area contributed by atoms with Crippen molar-refractivity contribution in [1.29, 1.82) is 0 Å². The number of hydroxylamine groups is 2. The summed E-state index contributed by atoms with van der Waals surface area (Å²) in [4.78, 5) is 50.7. The first-order valence-electron chi connectivity index (χ1n) is 43.7. The summed E-state index contributed by atoms with van der Waals surface area (Å²) in [5, 5.41) is 39.8. The summed E-state index contributed by atoms with van der Waals surface area (Å²) in [6, 6.07) is 53.8. The molecule has 0 radical (unpaired) electrons. The molecule has 2 amide bonds. The number of carbonyl (C=O) groups is 3. The first kappa shape index (κ1) is 98.9. The van der Waals surface area contributed by atoms with Crippen molar-refractivity contribution < 1.29 is 78.6 Å². The van der Waals surface area contributed by atoms with Crippen molar-refractivity contribution in [2.24, 2.45) is 0 Å². The number of amides is 2. The summed E-state index contributed by atoms with van der Waals surface area (Å²) < 4.78 is 102. The van der Waals surface area contributed by atoms with E-state index in [0.29, 0.717) is 27.6 Å². The van der Waals surface area contributed by atoms with Gasteiger partial charge in [-0.15, -0.1) is 13.2 Å². The number of nitrogens with zero attached hydrogens (tertiary/aromatic N) is 3. The number of nitrogens with one attached hydrogen (secondary N) is 1. The summed E-state index contributed by atoms with van der Waals surface area (Å²) in [5.41, 5.74) is 17.8. The summed E-state index contributed by atoms with van der Waals surface area (Å²) >= 11 is 5.33. The van der Waals surface area contributed by atoms with Crippen LogP contribution in [0.15, 0.2) is 182 Å². The van der Waals surface area contributed by atoms with Crippen LogP contribution >= 0.6 is 11.6 Å². The molecule has 6 aliphatic carbocycles. The molecule has 15 rings (SSSR count). The number of hydrogen-bond acceptors (Lipinski definition) is 13. The molecule has 0 aromatic heterocycles. The third kappa shape index (κ3) is 30.4. The lowest BCUT2D eigenvalue weighted by Gasteiger charge is -2.24. The Labute approximate surface area is 738 Å². The van der Waals surface area contributed by atoms with Gasteiger partial charge in [-0.3, -0.25) is 40.4 Å². The average molecular weight is 1760 g/mol. The molecule has 0 bridgehead atoms. The van der Waals surface area contributed by atoms with Crippen LogP contribution in [0, 0.1) is 10.1 Å². The van der Waals surface area contributed by atoms with Crippen LogP contribution in [0.3, 0.4) is 0 Å². The monoisotopic (exact) mass is 1760 g/mol. The van der Waals surface area contributed by atoms with E-state index in [1.165, 1.54) is 157 Å². The standard InChI is InChI=1S/C23H26F3NO2.C22H27NO2.C12H13F3O3S.C11H13ClO.C11H13NO2.C11H15NO.C11H14O/c1-22(2,3)19-12-9-17(10-13-19)21(28)27(29-23(24,25)26)20-14-11-16-7-5-4-6-8-18(16)15-20;1-22(2,3)19-12-9-17(10-13-19)21(24)23(25)20-14-11-16-7-5-4-6-8-18(16)15-20;13-12(14,15)19(16,17)18-11-7-6-9-4-2-1-3-5-10(9)8-11;1-11(2,3)9-6-4-8(5-7-9)10(12)13;13-12(14)11-7-6-9-4-2-1-3-5-10(9)8-11;13-12-11-7-6-9-4-2-1-3-5-10(9)8-11;12-11-7-6-9-4-2-1-3-5-10(9)8-11/h9-15H,4-8H2,1-3H3;9-15,25H,4-8H2,1-3H3;6-8H,1-5H2;4-7H,1-3H3;6-8H,1-5H2;6-8,12-13H,1-5H2;6-8,12H,1-5H2. The smallest absolute Gasteiger partial charge is 0.508 e. The highest BCUT2D eigenvalue weighted by Crippen LogP contribution is 2.36. The number of phenols is 1. The quantitative estimate of drug-likeness (QED) is 0.0146. The van der Waals surface area contributed by atoms with Crippen LogP contribution in [0.25, 0.3) is 0 Å². The second kappa shape index (κ2) is 45.5. The van der Waals surface area contributed by atoms with Crippen molar-refractivity contribution in [3.05, 3.63) is 292 Å². The van der Waals surface area contributed by atoms with Crippen molar-refractivity contribution in [2.75, 3.05) is 15.6 Å². The van der Waals surface area contributed by atoms with Gasteiger partial charge in [0.1, 0.15) is 11.5 Å². The van der Waals surface area contributed by atoms with E-state index >= 15 is 0 Å². The molecule has 0 aliphatic heterocycles. The predicted molar refractivity (Wildman–Crippen MR) is 484 cm³/mol. The SMILES string of the molecule is CC(C)(C)c1ccc(C(=O)Cl)cc1.CC(C)(C)c1ccc(C(=O)N(O)c2ccc3c(c2)CCCCC3)cc1.CC(C)(C)c1ccc(C(=O)N(OC(F)(F)F)c2ccc3c(c2)CCCCC3)cc1.O=S(=O)(Oc1ccc2c(c1)CCCCC2)C(F)(F)F.O=[N+]([O-])c1ccc2c(c1)CCCCC2.ONc1ccc2c(c1)CCCCC2.Oc1ccc2c(c1)CCCCC2. The fourth-order valence-electron chi connectivity index (χ4n) is 16.0. The van der Waals surface area contributed by atoms with Crippen LogP contribution in [0.2, 0.25) is 0 Å². The molecule has 24 heteroatoms. The number of carbonyl (C=O) groups excluding carboxylic acids is 3. The van der Waals surface area contributed by atoms with Crippen LogP contribution in [0.4, 0.5) is 49.1 Å². The molecule has 0 atom stereocenters. The number of benzene rings is 9. The molecule has 0 fully saturated rings. The van der Waals surface area contributed by atoms with E-state index in [2.05, 4.69) is 80.3 Å². The normalized spacial score (nSPS) is 15.1. The minimum Gasteiger partial charge on any atom is -0.508 e. The first-order chi connectivity index (χ1) is 59.1. The van der Waals surface area contributed by atoms with E-state index in [4.69, 9.17) is 16.8 Å². The first-order valence-corrected chi connectivity index (χ1v) is 45.5. The Hall–Kier alpha value is -9.91. The van der Waals surface area contributed by atoms with Gasteiger partial charge in [-0.25, -0.2) is 0 Å². The third-order valence-corrected chi connectivity index (χ3v) is 24.5. The summed E-state index contributed by atoms with van der Waals surface area (Å²) in [5.74, 6) is -1.11. The molecule has 125 heavy (non-hydrogen) atoms. The third-order valence-electron chi connectivity index (χ3n) is 23.4. The number of fused-ring (bicyclic) bond motifs is 6. The molecule has 9 aromatic carbocycles. The highest BCUT2D eigenvalue weighted by molar-refractivity contribution is 7.88. The molecule has 16 nitrogen and oxygen atoms in total. The maximum absolute atomic E-state index is 13.1. The van der Waals surface area contributed by atoms with Gasteiger partial charge in [0.2, 0.25) is 0 Å². The zero-order chi connectivity index (χ0) is 90.9. The van der Waals surface area contributed by atoms with E-state index < -0.39 is 39.0 Å². The average Bonchev–Trinajstić information content (AvgIpc) is 1.50. The summed E-state index contributed by atoms with van der Waals surface area (Å²) in [6.45, 7) is 18.9. The number of nitro groups is 1. The number of anilines is 3.